The van der Waals surface area contributed by atoms with Crippen LogP contribution in [0.15, 0.2) is 48.9 Å². The van der Waals surface area contributed by atoms with Crippen molar-refractivity contribution in [2.24, 2.45) is 0 Å². The number of benzene rings is 1. The van der Waals surface area contributed by atoms with Crippen molar-refractivity contribution in [1.29, 1.82) is 0 Å². The highest BCUT2D eigenvalue weighted by atomic mass is 16.4. The maximum atomic E-state index is 11.3. The summed E-state index contributed by atoms with van der Waals surface area (Å²) in [4.78, 5) is 15.3. The summed E-state index contributed by atoms with van der Waals surface area (Å²) in [5, 5.41) is 10.1. The first-order valence-electron chi connectivity index (χ1n) is 6.37. The second-order valence-corrected chi connectivity index (χ2v) is 4.86. The van der Waals surface area contributed by atoms with E-state index in [0.29, 0.717) is 12.1 Å². The molecule has 0 spiro atoms. The van der Waals surface area contributed by atoms with Crippen molar-refractivity contribution in [3.05, 3.63) is 65.6 Å². The molecule has 4 nitrogen and oxygen atoms in total. The first kappa shape index (κ1) is 12.4. The second-order valence-electron chi connectivity index (χ2n) is 4.86. The molecule has 20 heavy (non-hydrogen) atoms. The van der Waals surface area contributed by atoms with Gasteiger partial charge in [-0.1, -0.05) is 29.8 Å². The van der Waals surface area contributed by atoms with Crippen molar-refractivity contribution in [2.75, 3.05) is 0 Å². The predicted molar refractivity (Wildman–Crippen MR) is 77.0 cm³/mol. The monoisotopic (exact) mass is 266 g/mol. The highest BCUT2D eigenvalue weighted by Gasteiger charge is 2.13. The van der Waals surface area contributed by atoms with Crippen LogP contribution in [-0.4, -0.2) is 20.6 Å². The standard InChI is InChI=1S/C16H14N2O2/c1-11-2-4-12(5-3-11)10-18-7-6-13-8-17-9-14(15(13)18)16(19)20/h2-9H,10H2,1H3,(H,19,20). The Kier molecular flexibility index (Phi) is 2.99. The fraction of sp³-hybridized carbons (Fsp3) is 0.125. The molecule has 2 aromatic heterocycles. The number of aryl methyl sites for hydroxylation is 1. The van der Waals surface area contributed by atoms with E-state index < -0.39 is 5.97 Å². The van der Waals surface area contributed by atoms with Gasteiger partial charge in [-0.25, -0.2) is 4.79 Å². The van der Waals surface area contributed by atoms with E-state index >= 15 is 0 Å². The predicted octanol–water partition coefficient (Wildman–Crippen LogP) is 3.09. The van der Waals surface area contributed by atoms with E-state index in [-0.39, 0.29) is 5.56 Å². The van der Waals surface area contributed by atoms with E-state index in [1.807, 2.05) is 23.8 Å². The fourth-order valence-electron chi connectivity index (χ4n) is 2.34. The molecule has 0 aliphatic rings. The third-order valence-electron chi connectivity index (χ3n) is 3.37. The Hall–Kier alpha value is -2.62. The fourth-order valence-corrected chi connectivity index (χ4v) is 2.34. The molecule has 2 heterocycles. The summed E-state index contributed by atoms with van der Waals surface area (Å²) >= 11 is 0. The molecule has 3 rings (SSSR count). The summed E-state index contributed by atoms with van der Waals surface area (Å²) in [5.74, 6) is -0.952. The number of aromatic carboxylic acids is 1. The van der Waals surface area contributed by atoms with E-state index in [0.717, 1.165) is 10.9 Å². The molecule has 0 saturated carbocycles. The molecule has 0 aliphatic heterocycles. The average Bonchev–Trinajstić information content (AvgIpc) is 2.84. The van der Waals surface area contributed by atoms with Gasteiger partial charge in [0, 0.05) is 30.5 Å². The van der Waals surface area contributed by atoms with Crippen molar-refractivity contribution >= 4 is 16.9 Å². The summed E-state index contributed by atoms with van der Waals surface area (Å²) in [6.07, 6.45) is 4.99. The Labute approximate surface area is 116 Å². The lowest BCUT2D eigenvalue weighted by molar-refractivity contribution is 0.0698. The molecule has 0 amide bonds. The second kappa shape index (κ2) is 4.81. The van der Waals surface area contributed by atoms with E-state index in [2.05, 4.69) is 29.2 Å². The Bertz CT molecular complexity index is 773. The number of hydrogen-bond donors (Lipinski definition) is 1. The van der Waals surface area contributed by atoms with Gasteiger partial charge in [-0.3, -0.25) is 4.98 Å². The van der Waals surface area contributed by atoms with Crippen molar-refractivity contribution in [3.63, 3.8) is 0 Å². The molecule has 100 valence electrons. The Balaban J connectivity index is 2.07. The minimum absolute atomic E-state index is 0.236. The summed E-state index contributed by atoms with van der Waals surface area (Å²) in [6.45, 7) is 2.69. The van der Waals surface area contributed by atoms with E-state index in [1.165, 1.54) is 11.8 Å². The lowest BCUT2D eigenvalue weighted by Crippen LogP contribution is -2.04. The number of hydrogen-bond acceptors (Lipinski definition) is 2. The molecule has 3 aromatic rings. The van der Waals surface area contributed by atoms with Crippen LogP contribution in [0.1, 0.15) is 21.5 Å². The molecule has 0 bridgehead atoms. The first-order valence-corrected chi connectivity index (χ1v) is 6.37. The van der Waals surface area contributed by atoms with Gasteiger partial charge in [0.2, 0.25) is 0 Å². The molecule has 0 unspecified atom stereocenters. The lowest BCUT2D eigenvalue weighted by atomic mass is 10.1. The Morgan fingerprint density at radius 2 is 1.95 bits per heavy atom. The molecule has 1 aromatic carbocycles. The third kappa shape index (κ3) is 2.16. The zero-order valence-electron chi connectivity index (χ0n) is 11.1. The number of pyridine rings is 1. The topological polar surface area (TPSA) is 55.1 Å². The van der Waals surface area contributed by atoms with Crippen LogP contribution in [0.25, 0.3) is 10.9 Å². The summed E-state index contributed by atoms with van der Waals surface area (Å²) in [5.41, 5.74) is 3.30. The van der Waals surface area contributed by atoms with Gasteiger partial charge in [-0.15, -0.1) is 0 Å². The van der Waals surface area contributed by atoms with E-state index in [4.69, 9.17) is 0 Å². The molecule has 0 atom stereocenters. The largest absolute Gasteiger partial charge is 0.478 e. The lowest BCUT2D eigenvalue weighted by Gasteiger charge is -2.08. The summed E-state index contributed by atoms with van der Waals surface area (Å²) in [7, 11) is 0. The number of nitrogens with zero attached hydrogens (tertiary/aromatic N) is 2. The van der Waals surface area contributed by atoms with Crippen molar-refractivity contribution in [2.45, 2.75) is 13.5 Å². The summed E-state index contributed by atoms with van der Waals surface area (Å²) < 4.78 is 1.95. The van der Waals surface area contributed by atoms with Crippen LogP contribution < -0.4 is 0 Å². The quantitative estimate of drug-likeness (QED) is 0.792. The Morgan fingerprint density at radius 1 is 1.20 bits per heavy atom. The van der Waals surface area contributed by atoms with Gasteiger partial charge in [-0.05, 0) is 18.6 Å². The Morgan fingerprint density at radius 3 is 2.65 bits per heavy atom. The number of carboxylic acids is 1. The van der Waals surface area contributed by atoms with Gasteiger partial charge >= 0.3 is 5.97 Å². The highest BCUT2D eigenvalue weighted by molar-refractivity contribution is 6.01. The van der Waals surface area contributed by atoms with Crippen LogP contribution in [0.3, 0.4) is 0 Å². The van der Waals surface area contributed by atoms with Gasteiger partial charge in [0.1, 0.15) is 5.56 Å². The normalized spacial score (nSPS) is 10.8. The van der Waals surface area contributed by atoms with Gasteiger partial charge < -0.3 is 9.67 Å². The van der Waals surface area contributed by atoms with Crippen molar-refractivity contribution < 1.29 is 9.90 Å². The van der Waals surface area contributed by atoms with Gasteiger partial charge in [0.25, 0.3) is 0 Å². The minimum atomic E-state index is -0.952. The van der Waals surface area contributed by atoms with Crippen molar-refractivity contribution in [1.82, 2.24) is 9.55 Å². The zero-order chi connectivity index (χ0) is 14.1. The number of rotatable bonds is 3. The molecule has 0 fully saturated rings. The number of carboxylic acid groups (broad SMARTS) is 1. The van der Waals surface area contributed by atoms with Crippen LogP contribution >= 0.6 is 0 Å². The van der Waals surface area contributed by atoms with Gasteiger partial charge in [-0.2, -0.15) is 0 Å². The zero-order valence-corrected chi connectivity index (χ0v) is 11.1. The number of carbonyl (C=O) groups is 1. The summed E-state index contributed by atoms with van der Waals surface area (Å²) in [6, 6.07) is 10.1. The smallest absolute Gasteiger partial charge is 0.339 e. The first-order chi connectivity index (χ1) is 9.65. The van der Waals surface area contributed by atoms with E-state index in [1.54, 1.807) is 6.20 Å². The molecule has 0 aliphatic carbocycles. The van der Waals surface area contributed by atoms with Crippen LogP contribution in [0, 0.1) is 6.92 Å². The van der Waals surface area contributed by atoms with Gasteiger partial charge in [0.05, 0.1) is 5.52 Å². The van der Waals surface area contributed by atoms with Crippen LogP contribution in [-0.2, 0) is 6.54 Å². The van der Waals surface area contributed by atoms with Crippen LogP contribution in [0.2, 0.25) is 0 Å². The molecular weight excluding hydrogens is 252 g/mol. The molecular formula is C16H14N2O2. The van der Waals surface area contributed by atoms with Gasteiger partial charge in [0.15, 0.2) is 0 Å². The minimum Gasteiger partial charge on any atom is -0.478 e. The number of fused-ring (bicyclic) bond motifs is 1. The number of aromatic nitrogens is 2. The SMILES string of the molecule is Cc1ccc(Cn2ccc3cncc(C(=O)O)c32)cc1. The molecule has 1 N–H and O–H groups in total. The molecule has 0 saturated heterocycles. The highest BCUT2D eigenvalue weighted by Crippen LogP contribution is 2.20. The maximum absolute atomic E-state index is 11.3. The average molecular weight is 266 g/mol. The van der Waals surface area contributed by atoms with Crippen molar-refractivity contribution in [3.8, 4) is 0 Å². The maximum Gasteiger partial charge on any atom is 0.339 e. The molecule has 4 heteroatoms. The third-order valence-corrected chi connectivity index (χ3v) is 3.37. The molecule has 0 radical (unpaired) electrons. The van der Waals surface area contributed by atoms with Crippen LogP contribution in [0.5, 0.6) is 0 Å². The van der Waals surface area contributed by atoms with Crippen LogP contribution in [0.4, 0.5) is 0 Å². The van der Waals surface area contributed by atoms with E-state index in [9.17, 15) is 9.90 Å².